The summed E-state index contributed by atoms with van der Waals surface area (Å²) in [5.41, 5.74) is 10.3. The number of benzene rings is 1. The second-order valence-electron chi connectivity index (χ2n) is 4.83. The Kier molecular flexibility index (Phi) is 5.78. The number of carbonyl (C=O) groups excluding carboxylic acids is 2. The smallest absolute Gasteiger partial charge is 0.355 e. The Bertz CT molecular complexity index is 793. The number of rotatable bonds is 6. The van der Waals surface area contributed by atoms with Gasteiger partial charge in [0, 0.05) is 26.7 Å². The van der Waals surface area contributed by atoms with Gasteiger partial charge in [0.15, 0.2) is 0 Å². The summed E-state index contributed by atoms with van der Waals surface area (Å²) in [6, 6.07) is 5.67. The molecule has 8 heteroatoms. The number of hydrogen-bond donors (Lipinski definition) is 1. The molecule has 1 N–H and O–H groups in total. The Hall–Kier alpha value is -2.31. The lowest BCUT2D eigenvalue weighted by molar-refractivity contribution is -0.118. The third-order valence-corrected chi connectivity index (χ3v) is 3.81. The molecular weight excluding hydrogens is 364 g/mol. The van der Waals surface area contributed by atoms with Gasteiger partial charge in [-0.2, -0.15) is 0 Å². The minimum Gasteiger partial charge on any atom is -0.461 e. The van der Waals surface area contributed by atoms with Crippen LogP contribution in [0.2, 0.25) is 0 Å². The van der Waals surface area contributed by atoms with Gasteiger partial charge in [0.1, 0.15) is 5.69 Å². The maximum absolute atomic E-state index is 12.1. The van der Waals surface area contributed by atoms with Crippen LogP contribution >= 0.6 is 15.9 Å². The first-order chi connectivity index (χ1) is 11.1. The molecule has 0 fully saturated rings. The van der Waals surface area contributed by atoms with Crippen LogP contribution in [0.5, 0.6) is 0 Å². The molecule has 0 aliphatic heterocycles. The summed E-state index contributed by atoms with van der Waals surface area (Å²) in [7, 11) is 0. The van der Waals surface area contributed by atoms with Crippen LogP contribution in [0.4, 0.5) is 0 Å². The van der Waals surface area contributed by atoms with Crippen LogP contribution in [0.15, 0.2) is 27.8 Å². The van der Waals surface area contributed by atoms with E-state index in [0.717, 1.165) is 20.9 Å². The Balaban J connectivity index is 2.31. The summed E-state index contributed by atoms with van der Waals surface area (Å²) in [5.74, 6) is -0.928. The molecule has 0 bridgehead atoms. The monoisotopic (exact) mass is 378 g/mol. The highest BCUT2D eigenvalue weighted by molar-refractivity contribution is 9.10. The molecule has 23 heavy (non-hydrogen) atoms. The largest absolute Gasteiger partial charge is 0.461 e. The van der Waals surface area contributed by atoms with Crippen molar-refractivity contribution < 1.29 is 14.3 Å². The fourth-order valence-corrected chi connectivity index (χ4v) is 2.73. The molecule has 1 amide bonds. The van der Waals surface area contributed by atoms with Gasteiger partial charge in [0.2, 0.25) is 5.91 Å². The topological polar surface area (TPSA) is 108 Å². The molecule has 0 spiro atoms. The first kappa shape index (κ1) is 17.1. The van der Waals surface area contributed by atoms with Crippen molar-refractivity contribution in [3.05, 3.63) is 44.4 Å². The van der Waals surface area contributed by atoms with Crippen molar-refractivity contribution in [1.82, 2.24) is 4.98 Å². The molecule has 7 nitrogen and oxygen atoms in total. The summed E-state index contributed by atoms with van der Waals surface area (Å²) < 4.78 is 5.97. The average molecular weight is 379 g/mol. The Labute approximate surface area is 140 Å². The average Bonchev–Trinajstić information content (AvgIpc) is 2.86. The van der Waals surface area contributed by atoms with E-state index in [4.69, 9.17) is 10.3 Å². The number of aryl methyl sites for hydroxylation is 1. The van der Waals surface area contributed by atoms with Gasteiger partial charge in [-0.05, 0) is 54.2 Å². The van der Waals surface area contributed by atoms with E-state index < -0.39 is 11.9 Å². The van der Waals surface area contributed by atoms with Crippen LogP contribution in [0.25, 0.3) is 21.3 Å². The van der Waals surface area contributed by atoms with Crippen molar-refractivity contribution >= 4 is 38.7 Å². The summed E-state index contributed by atoms with van der Waals surface area (Å²) in [5, 5.41) is 3.94. The van der Waals surface area contributed by atoms with Crippen molar-refractivity contribution in [2.75, 3.05) is 6.61 Å². The number of aromatic amines is 1. The predicted octanol–water partition coefficient (Wildman–Crippen LogP) is 4.27. The SMILES string of the molecule is CCOC(=O)c1[nH]c2ccc(Br)cc2c1CCCC(=O)N=[N+]=[N-]. The minimum atomic E-state index is -0.508. The summed E-state index contributed by atoms with van der Waals surface area (Å²) >= 11 is 3.42. The first-order valence-electron chi connectivity index (χ1n) is 7.12. The normalized spacial score (nSPS) is 10.3. The quantitative estimate of drug-likeness (QED) is 0.350. The number of H-pyrrole nitrogens is 1. The Morgan fingerprint density at radius 1 is 1.43 bits per heavy atom. The van der Waals surface area contributed by atoms with Crippen LogP contribution in [0.3, 0.4) is 0 Å². The third kappa shape index (κ3) is 4.12. The molecule has 1 heterocycles. The van der Waals surface area contributed by atoms with Gasteiger partial charge in [-0.15, -0.1) is 0 Å². The number of fused-ring (bicyclic) bond motifs is 1. The number of halogens is 1. The molecule has 1 aromatic carbocycles. The van der Waals surface area contributed by atoms with Crippen LogP contribution in [0, 0.1) is 0 Å². The van der Waals surface area contributed by atoms with Crippen molar-refractivity contribution in [3.8, 4) is 0 Å². The molecule has 0 radical (unpaired) electrons. The van der Waals surface area contributed by atoms with Crippen LogP contribution in [-0.4, -0.2) is 23.5 Å². The number of esters is 1. The van der Waals surface area contributed by atoms with E-state index in [2.05, 4.69) is 30.9 Å². The van der Waals surface area contributed by atoms with Crippen LogP contribution < -0.4 is 0 Å². The lowest BCUT2D eigenvalue weighted by Crippen LogP contribution is -2.08. The fourth-order valence-electron chi connectivity index (χ4n) is 2.37. The zero-order chi connectivity index (χ0) is 16.8. The lowest BCUT2D eigenvalue weighted by Gasteiger charge is -2.04. The summed E-state index contributed by atoms with van der Waals surface area (Å²) in [6.07, 6.45) is 1.11. The van der Waals surface area contributed by atoms with E-state index in [1.54, 1.807) is 6.92 Å². The molecule has 0 unspecified atom stereocenters. The first-order valence-corrected chi connectivity index (χ1v) is 7.91. The molecular formula is C15H15BrN4O3. The number of azide groups is 1. The van der Waals surface area contributed by atoms with Gasteiger partial charge in [0.05, 0.1) is 6.61 Å². The summed E-state index contributed by atoms with van der Waals surface area (Å²) in [4.78, 5) is 29.0. The second-order valence-corrected chi connectivity index (χ2v) is 5.74. The maximum atomic E-state index is 12.1. The van der Waals surface area contributed by atoms with Gasteiger partial charge in [-0.1, -0.05) is 15.9 Å². The molecule has 2 aromatic rings. The summed E-state index contributed by atoms with van der Waals surface area (Å²) in [6.45, 7) is 2.03. The molecule has 0 saturated heterocycles. The van der Waals surface area contributed by atoms with Gasteiger partial charge < -0.3 is 9.72 Å². The minimum absolute atomic E-state index is 0.132. The zero-order valence-electron chi connectivity index (χ0n) is 12.5. The Morgan fingerprint density at radius 2 is 2.22 bits per heavy atom. The number of carbonyl (C=O) groups is 2. The van der Waals surface area contributed by atoms with E-state index in [9.17, 15) is 9.59 Å². The number of aromatic nitrogens is 1. The molecule has 0 saturated carbocycles. The van der Waals surface area contributed by atoms with Crippen molar-refractivity contribution in [2.24, 2.45) is 5.11 Å². The van der Waals surface area contributed by atoms with E-state index in [0.29, 0.717) is 18.5 Å². The molecule has 0 atom stereocenters. The van der Waals surface area contributed by atoms with Gasteiger partial charge in [0.25, 0.3) is 0 Å². The van der Waals surface area contributed by atoms with E-state index >= 15 is 0 Å². The fraction of sp³-hybridized carbons (Fsp3) is 0.333. The molecule has 120 valence electrons. The van der Waals surface area contributed by atoms with E-state index in [-0.39, 0.29) is 13.0 Å². The predicted molar refractivity (Wildman–Crippen MR) is 89.0 cm³/mol. The van der Waals surface area contributed by atoms with E-state index in [1.165, 1.54) is 0 Å². The van der Waals surface area contributed by atoms with Gasteiger partial charge in [-0.3, -0.25) is 4.79 Å². The second kappa shape index (κ2) is 7.80. The molecule has 1 aromatic heterocycles. The molecule has 0 aliphatic rings. The number of hydrogen-bond acceptors (Lipinski definition) is 3. The third-order valence-electron chi connectivity index (χ3n) is 3.32. The highest BCUT2D eigenvalue weighted by Gasteiger charge is 2.19. The number of amides is 1. The number of nitrogens with zero attached hydrogens (tertiary/aromatic N) is 3. The standard InChI is InChI=1S/C15H15BrN4O3/c1-2-23-15(22)14-10(4-3-5-13(21)19-20-17)11-8-9(16)6-7-12(11)18-14/h6-8,18H,2-5H2,1H3. The maximum Gasteiger partial charge on any atom is 0.355 e. The molecule has 0 aliphatic carbocycles. The van der Waals surface area contributed by atoms with Crippen LogP contribution in [-0.2, 0) is 16.0 Å². The van der Waals surface area contributed by atoms with Crippen molar-refractivity contribution in [2.45, 2.75) is 26.2 Å². The highest BCUT2D eigenvalue weighted by atomic mass is 79.9. The van der Waals surface area contributed by atoms with Crippen LogP contribution in [0.1, 0.15) is 35.8 Å². The zero-order valence-corrected chi connectivity index (χ0v) is 14.1. The number of nitrogens with one attached hydrogen (secondary N) is 1. The Morgan fingerprint density at radius 3 is 2.91 bits per heavy atom. The highest BCUT2D eigenvalue weighted by Crippen LogP contribution is 2.28. The van der Waals surface area contributed by atoms with Crippen molar-refractivity contribution in [3.63, 3.8) is 0 Å². The van der Waals surface area contributed by atoms with Gasteiger partial charge in [-0.25, -0.2) is 4.79 Å². The van der Waals surface area contributed by atoms with E-state index in [1.807, 2.05) is 18.2 Å². The number of ether oxygens (including phenoxy) is 1. The van der Waals surface area contributed by atoms with Crippen molar-refractivity contribution in [1.29, 1.82) is 0 Å². The van der Waals surface area contributed by atoms with Gasteiger partial charge >= 0.3 is 5.97 Å². The lowest BCUT2D eigenvalue weighted by atomic mass is 10.0. The molecule has 2 rings (SSSR count).